The molecule has 2 aromatic rings. The van der Waals surface area contributed by atoms with Gasteiger partial charge in [-0.15, -0.1) is 0 Å². The van der Waals surface area contributed by atoms with Crippen LogP contribution in [0, 0.1) is 10.1 Å². The van der Waals surface area contributed by atoms with Gasteiger partial charge in [0.25, 0.3) is 5.69 Å². The third-order valence-electron chi connectivity index (χ3n) is 3.08. The second-order valence-electron chi connectivity index (χ2n) is 4.93. The molecule has 104 valence electrons. The molecule has 2 rings (SSSR count). The van der Waals surface area contributed by atoms with Gasteiger partial charge in [0, 0.05) is 17.8 Å². The molecule has 0 aliphatic carbocycles. The van der Waals surface area contributed by atoms with Gasteiger partial charge in [0.05, 0.1) is 16.3 Å². The largest absolute Gasteiger partial charge is 0.397 e. The molecule has 0 aliphatic rings. The lowest BCUT2D eigenvalue weighted by Crippen LogP contribution is -1.98. The molecule has 2 aromatic carbocycles. The van der Waals surface area contributed by atoms with Gasteiger partial charge in [0.15, 0.2) is 0 Å². The summed E-state index contributed by atoms with van der Waals surface area (Å²) >= 11 is 0. The van der Waals surface area contributed by atoms with Crippen molar-refractivity contribution in [2.24, 2.45) is 0 Å². The predicted molar refractivity (Wildman–Crippen MR) is 81.3 cm³/mol. The van der Waals surface area contributed by atoms with Crippen LogP contribution >= 0.6 is 0 Å². The molecule has 0 heterocycles. The molecule has 5 nitrogen and oxygen atoms in total. The van der Waals surface area contributed by atoms with Crippen LogP contribution in [-0.2, 0) is 0 Å². The van der Waals surface area contributed by atoms with Crippen molar-refractivity contribution in [3.8, 4) is 0 Å². The summed E-state index contributed by atoms with van der Waals surface area (Å²) < 4.78 is 0. The Hall–Kier alpha value is -2.56. The third-order valence-corrected chi connectivity index (χ3v) is 3.08. The lowest BCUT2D eigenvalue weighted by molar-refractivity contribution is -0.384. The number of nitrogens with two attached hydrogens (primary N) is 1. The van der Waals surface area contributed by atoms with Crippen LogP contribution in [-0.4, -0.2) is 4.92 Å². The Labute approximate surface area is 117 Å². The maximum atomic E-state index is 10.7. The number of hydrogen-bond donors (Lipinski definition) is 2. The molecular weight excluding hydrogens is 254 g/mol. The summed E-state index contributed by atoms with van der Waals surface area (Å²) in [6, 6.07) is 12.4. The highest BCUT2D eigenvalue weighted by atomic mass is 16.6. The van der Waals surface area contributed by atoms with Crippen LogP contribution in [0.1, 0.15) is 25.3 Å². The third kappa shape index (κ3) is 3.06. The van der Waals surface area contributed by atoms with Crippen molar-refractivity contribution in [1.29, 1.82) is 0 Å². The van der Waals surface area contributed by atoms with Crippen molar-refractivity contribution in [2.45, 2.75) is 19.8 Å². The molecule has 0 atom stereocenters. The van der Waals surface area contributed by atoms with E-state index in [9.17, 15) is 10.1 Å². The molecule has 0 aliphatic heterocycles. The fraction of sp³-hybridized carbons (Fsp3) is 0.200. The van der Waals surface area contributed by atoms with E-state index in [1.54, 1.807) is 6.07 Å². The minimum atomic E-state index is -0.459. The van der Waals surface area contributed by atoms with Crippen LogP contribution in [0.3, 0.4) is 0 Å². The minimum absolute atomic E-state index is 0.0102. The highest BCUT2D eigenvalue weighted by molar-refractivity contribution is 5.74. The summed E-state index contributed by atoms with van der Waals surface area (Å²) in [5, 5.41) is 13.9. The molecule has 5 heteroatoms. The summed E-state index contributed by atoms with van der Waals surface area (Å²) in [5.41, 5.74) is 8.98. The van der Waals surface area contributed by atoms with E-state index in [1.165, 1.54) is 17.7 Å². The lowest BCUT2D eigenvalue weighted by atomic mass is 10.0. The van der Waals surface area contributed by atoms with Crippen molar-refractivity contribution >= 4 is 22.7 Å². The molecule has 0 saturated heterocycles. The van der Waals surface area contributed by atoms with Gasteiger partial charge in [-0.05, 0) is 29.7 Å². The second-order valence-corrected chi connectivity index (χ2v) is 4.93. The number of nitrogen functional groups attached to an aromatic ring is 1. The standard InChI is InChI=1S/C15H17N3O2/c1-10(2)11-4-3-5-12(8-11)17-15-7-6-13(18(19)20)9-14(15)16/h3-10,17H,16H2,1-2H3. The Bertz CT molecular complexity index is 639. The monoisotopic (exact) mass is 271 g/mol. The van der Waals surface area contributed by atoms with Crippen molar-refractivity contribution in [3.05, 3.63) is 58.1 Å². The fourth-order valence-corrected chi connectivity index (χ4v) is 1.91. The maximum absolute atomic E-state index is 10.7. The number of hydrogen-bond acceptors (Lipinski definition) is 4. The summed E-state index contributed by atoms with van der Waals surface area (Å²) in [6.45, 7) is 4.25. The summed E-state index contributed by atoms with van der Waals surface area (Å²) in [5.74, 6) is 0.436. The van der Waals surface area contributed by atoms with Crippen molar-refractivity contribution in [2.75, 3.05) is 11.1 Å². The molecule has 3 N–H and O–H groups in total. The first-order valence-corrected chi connectivity index (χ1v) is 6.38. The van der Waals surface area contributed by atoms with Crippen molar-refractivity contribution < 1.29 is 4.92 Å². The van der Waals surface area contributed by atoms with E-state index < -0.39 is 4.92 Å². The molecule has 0 amide bonds. The zero-order chi connectivity index (χ0) is 14.7. The van der Waals surface area contributed by atoms with Gasteiger partial charge in [-0.2, -0.15) is 0 Å². The minimum Gasteiger partial charge on any atom is -0.397 e. The van der Waals surface area contributed by atoms with Gasteiger partial charge in [-0.3, -0.25) is 10.1 Å². The first kappa shape index (κ1) is 13.9. The van der Waals surface area contributed by atoms with Crippen LogP contribution in [0.2, 0.25) is 0 Å². The summed E-state index contributed by atoms with van der Waals surface area (Å²) in [7, 11) is 0. The quantitative estimate of drug-likeness (QED) is 0.499. The fourth-order valence-electron chi connectivity index (χ4n) is 1.91. The van der Waals surface area contributed by atoms with Crippen LogP contribution < -0.4 is 11.1 Å². The Morgan fingerprint density at radius 2 is 1.95 bits per heavy atom. The molecule has 0 bridgehead atoms. The number of nitrogens with one attached hydrogen (secondary N) is 1. The molecule has 0 aromatic heterocycles. The maximum Gasteiger partial charge on any atom is 0.271 e. The Morgan fingerprint density at radius 1 is 1.20 bits per heavy atom. The van der Waals surface area contributed by atoms with Crippen LogP contribution in [0.5, 0.6) is 0 Å². The van der Waals surface area contributed by atoms with E-state index in [4.69, 9.17) is 5.73 Å². The molecule has 0 radical (unpaired) electrons. The normalized spacial score (nSPS) is 10.6. The lowest BCUT2D eigenvalue weighted by Gasteiger charge is -2.12. The highest BCUT2D eigenvalue weighted by Gasteiger charge is 2.09. The Kier molecular flexibility index (Phi) is 3.89. The predicted octanol–water partition coefficient (Wildman–Crippen LogP) is 4.04. The van der Waals surface area contributed by atoms with Crippen molar-refractivity contribution in [1.82, 2.24) is 0 Å². The van der Waals surface area contributed by atoms with E-state index in [0.29, 0.717) is 17.3 Å². The van der Waals surface area contributed by atoms with Gasteiger partial charge >= 0.3 is 0 Å². The molecule has 0 spiro atoms. The number of rotatable bonds is 4. The number of nitro benzene ring substituents is 1. The Balaban J connectivity index is 2.26. The Morgan fingerprint density at radius 3 is 2.55 bits per heavy atom. The molecule has 0 saturated carbocycles. The van der Waals surface area contributed by atoms with Gasteiger partial charge in [0.1, 0.15) is 0 Å². The van der Waals surface area contributed by atoms with Gasteiger partial charge in [0.2, 0.25) is 0 Å². The first-order valence-electron chi connectivity index (χ1n) is 6.38. The zero-order valence-corrected chi connectivity index (χ0v) is 11.5. The molecule has 0 unspecified atom stereocenters. The smallest absolute Gasteiger partial charge is 0.271 e. The van der Waals surface area contributed by atoms with E-state index in [0.717, 1.165) is 5.69 Å². The van der Waals surface area contributed by atoms with Crippen LogP contribution in [0.4, 0.5) is 22.7 Å². The number of benzene rings is 2. The number of nitro groups is 1. The van der Waals surface area contributed by atoms with Gasteiger partial charge in [-0.1, -0.05) is 26.0 Å². The van der Waals surface area contributed by atoms with Crippen LogP contribution in [0.15, 0.2) is 42.5 Å². The molecule has 0 fully saturated rings. The summed E-state index contributed by atoms with van der Waals surface area (Å²) in [4.78, 5) is 10.2. The molecular formula is C15H17N3O2. The van der Waals surface area contributed by atoms with E-state index in [2.05, 4.69) is 25.2 Å². The van der Waals surface area contributed by atoms with Crippen LogP contribution in [0.25, 0.3) is 0 Å². The van der Waals surface area contributed by atoms with E-state index in [1.807, 2.05) is 18.2 Å². The number of non-ortho nitro benzene ring substituents is 1. The topological polar surface area (TPSA) is 81.2 Å². The SMILES string of the molecule is CC(C)c1cccc(Nc2ccc([N+](=O)[O-])cc2N)c1. The number of nitrogens with zero attached hydrogens (tertiary/aromatic N) is 1. The zero-order valence-electron chi connectivity index (χ0n) is 11.5. The summed E-state index contributed by atoms with van der Waals surface area (Å²) in [6.07, 6.45) is 0. The average molecular weight is 271 g/mol. The first-order chi connectivity index (χ1) is 9.47. The molecule has 20 heavy (non-hydrogen) atoms. The number of anilines is 3. The van der Waals surface area contributed by atoms with Crippen molar-refractivity contribution in [3.63, 3.8) is 0 Å². The second kappa shape index (κ2) is 5.61. The van der Waals surface area contributed by atoms with E-state index >= 15 is 0 Å². The van der Waals surface area contributed by atoms with Gasteiger partial charge < -0.3 is 11.1 Å². The average Bonchev–Trinajstić information content (AvgIpc) is 2.41. The van der Waals surface area contributed by atoms with Gasteiger partial charge in [-0.25, -0.2) is 0 Å². The van der Waals surface area contributed by atoms with E-state index in [-0.39, 0.29) is 5.69 Å². The highest BCUT2D eigenvalue weighted by Crippen LogP contribution is 2.28.